The number of hydrogen-bond donors (Lipinski definition) is 7. The lowest BCUT2D eigenvalue weighted by Crippen LogP contribution is -2.49. The summed E-state index contributed by atoms with van der Waals surface area (Å²) in [5, 5.41) is 21.6. The molecule has 0 aliphatic heterocycles. The van der Waals surface area contributed by atoms with Crippen LogP contribution in [0.4, 0.5) is 19.9 Å². The summed E-state index contributed by atoms with van der Waals surface area (Å²) in [6, 6.07) is 12.7. The molecule has 2 atom stereocenters. The van der Waals surface area contributed by atoms with Crippen LogP contribution in [-0.2, 0) is 51.0 Å². The molecule has 0 fully saturated rings. The summed E-state index contributed by atoms with van der Waals surface area (Å²) in [5.41, 5.74) is 5.63. The van der Waals surface area contributed by atoms with Crippen LogP contribution in [-0.4, -0.2) is 130 Å². The van der Waals surface area contributed by atoms with Gasteiger partial charge >= 0.3 is 30.1 Å². The number of carboxylic acids is 1. The van der Waals surface area contributed by atoms with Crippen LogP contribution in [0.25, 0.3) is 0 Å². The molecular weight excluding hydrogens is 1230 g/mol. The Morgan fingerprint density at radius 1 is 0.619 bits per heavy atom. The quantitative estimate of drug-likeness (QED) is 0.0261. The van der Waals surface area contributed by atoms with Gasteiger partial charge in [0.05, 0.1) is 33.6 Å². The lowest BCUT2D eigenvalue weighted by molar-refractivity contribution is -0.143. The van der Waals surface area contributed by atoms with Crippen LogP contribution in [0, 0.1) is 0 Å². The molecule has 84 heavy (non-hydrogen) atoms. The molecule has 468 valence electrons. The molecule has 4 aromatic rings. The molecule has 2 aromatic heterocycles. The fourth-order valence-corrected chi connectivity index (χ4v) is 10.0. The number of halogens is 3. The van der Waals surface area contributed by atoms with Crippen molar-refractivity contribution >= 4 is 133 Å². The van der Waals surface area contributed by atoms with Gasteiger partial charge in [0, 0.05) is 6.54 Å². The molecule has 0 bridgehead atoms. The van der Waals surface area contributed by atoms with Gasteiger partial charge < -0.3 is 65.2 Å². The third-order valence-electron chi connectivity index (χ3n) is 12.0. The lowest BCUT2D eigenvalue weighted by Gasteiger charge is -2.36. The Hall–Kier alpha value is -6.08. The highest BCUT2D eigenvalue weighted by molar-refractivity contribution is 7.18. The summed E-state index contributed by atoms with van der Waals surface area (Å²) >= 11 is 13.6. The number of aromatic nitrogens is 2. The number of alkyl carbamates (subject to hydrolysis) is 2. The SMILES string of the molecule is CC(C)(C)[Si](C)(C)Oc1cccc(CC(=O)Nc2nc(Cl)c(C(=O)O)s2)c1.COC(=O)[C@@H](N)CNC(=O)OC(C)(C)C.COC(=O)[C@H](CNC(=O)OC(C)(C)C)NC(=O)c1sc(NC(=O)Cc2cccc(O[Si](C)(C)C(C)(C)C)c2)nc1Cl.Cl. The molecule has 2 aromatic carbocycles. The number of carbonyl (C=O) groups is 8. The van der Waals surface area contributed by atoms with Crippen LogP contribution in [0.1, 0.15) is 114 Å². The third-order valence-corrected chi connectivity index (χ3v) is 23.4. The maximum Gasteiger partial charge on any atom is 0.407 e. The van der Waals surface area contributed by atoms with E-state index in [1.807, 2.05) is 48.5 Å². The van der Waals surface area contributed by atoms with Crippen LogP contribution in [0.15, 0.2) is 48.5 Å². The van der Waals surface area contributed by atoms with Crippen molar-refractivity contribution in [1.82, 2.24) is 25.9 Å². The Morgan fingerprint density at radius 2 is 1.00 bits per heavy atom. The van der Waals surface area contributed by atoms with E-state index in [0.29, 0.717) is 5.75 Å². The van der Waals surface area contributed by atoms with Crippen molar-refractivity contribution in [2.45, 2.75) is 155 Å². The van der Waals surface area contributed by atoms with Crippen molar-refractivity contribution in [2.24, 2.45) is 5.73 Å². The molecule has 0 saturated heterocycles. The van der Waals surface area contributed by atoms with Crippen molar-refractivity contribution < 1.29 is 71.3 Å². The molecule has 23 nitrogen and oxygen atoms in total. The normalized spacial score (nSPS) is 12.3. The highest BCUT2D eigenvalue weighted by atomic mass is 35.5. The van der Waals surface area contributed by atoms with E-state index in [2.05, 4.69) is 109 Å². The number of hydrogen-bond acceptors (Lipinski definition) is 19. The monoisotopic (exact) mass is 1310 g/mol. The number of thiazole rings is 2. The minimum Gasteiger partial charge on any atom is -0.543 e. The van der Waals surface area contributed by atoms with Gasteiger partial charge in [-0.15, -0.1) is 12.4 Å². The number of rotatable bonds is 19. The lowest BCUT2D eigenvalue weighted by atomic mass is 10.1. The second-order valence-electron chi connectivity index (χ2n) is 23.5. The number of ether oxygens (including phenoxy) is 4. The van der Waals surface area contributed by atoms with Gasteiger partial charge in [0.2, 0.25) is 28.4 Å². The molecule has 4 rings (SSSR count). The number of nitrogens with two attached hydrogens (primary N) is 1. The molecule has 0 saturated carbocycles. The first-order valence-corrected chi connectivity index (χ1v) is 34.0. The van der Waals surface area contributed by atoms with Crippen LogP contribution >= 0.6 is 58.3 Å². The summed E-state index contributed by atoms with van der Waals surface area (Å²) in [4.78, 5) is 103. The van der Waals surface area contributed by atoms with Gasteiger partial charge in [-0.1, -0.05) is 112 Å². The molecule has 0 radical (unpaired) electrons. The number of nitrogens with zero attached hydrogens (tertiary/aromatic N) is 2. The van der Waals surface area contributed by atoms with E-state index in [0.717, 1.165) is 46.7 Å². The largest absolute Gasteiger partial charge is 0.543 e. The Labute approximate surface area is 517 Å². The summed E-state index contributed by atoms with van der Waals surface area (Å²) in [7, 11) is -1.62. The molecule has 0 unspecified atom stereocenters. The Morgan fingerprint density at radius 3 is 1.36 bits per heavy atom. The van der Waals surface area contributed by atoms with Gasteiger partial charge in [0.25, 0.3) is 5.91 Å². The van der Waals surface area contributed by atoms with Crippen molar-refractivity contribution in [2.75, 3.05) is 37.9 Å². The standard InChI is InChI=1S/C27H39ClN4O7SSi.C18H23ClN2O4SSi.C9H18N2O4.ClH/c1-26(2,3)38-25(36)29-15-18(23(35)37-7)30-22(34)20-21(28)32-24(40-20)31-19(33)14-16-11-10-12-17(13-16)39-41(8,9)27(4,5)6;1-18(2,3)27(4,5)25-12-8-6-7-11(9-12)10-13(22)20-17-21-15(19)14(26-17)16(23)24;1-9(2,3)15-8(13)11-5-6(10)7(12)14-4;/h10-13,18H,14-15H2,1-9H3,(H,29,36)(H,30,34)(H,31,32,33);6-9H,10H2,1-5H3,(H,23,24)(H,20,21,22);6H,5,10H2,1-4H3,(H,11,13);1H/t18-;;6-;/m0.0./s1. The highest BCUT2D eigenvalue weighted by Crippen LogP contribution is 2.39. The molecule has 8 N–H and O–H groups in total. The fraction of sp³-hybridized carbons (Fsp3) is 0.519. The predicted molar refractivity (Wildman–Crippen MR) is 333 cm³/mol. The zero-order valence-corrected chi connectivity index (χ0v) is 56.7. The van der Waals surface area contributed by atoms with Gasteiger partial charge in [0.1, 0.15) is 39.7 Å². The minimum atomic E-state index is -2.04. The molecule has 5 amide bonds. The van der Waals surface area contributed by atoms with E-state index >= 15 is 0 Å². The Kier molecular flexibility index (Phi) is 29.3. The number of amides is 5. The van der Waals surface area contributed by atoms with Crippen LogP contribution in [0.2, 0.25) is 46.6 Å². The van der Waals surface area contributed by atoms with Crippen molar-refractivity contribution in [3.8, 4) is 11.5 Å². The maximum atomic E-state index is 12.9. The number of nitrogens with one attached hydrogen (secondary N) is 5. The minimum absolute atomic E-state index is 0. The van der Waals surface area contributed by atoms with Crippen LogP contribution in [0.5, 0.6) is 11.5 Å². The van der Waals surface area contributed by atoms with Gasteiger partial charge in [0.15, 0.2) is 25.4 Å². The first-order chi connectivity index (χ1) is 38.0. The summed E-state index contributed by atoms with van der Waals surface area (Å²) in [5.74, 6) is -2.48. The number of aromatic carboxylic acids is 1. The van der Waals surface area contributed by atoms with E-state index in [1.165, 1.54) is 7.11 Å². The number of methoxy groups -OCH3 is 2. The van der Waals surface area contributed by atoms with Crippen molar-refractivity contribution in [3.63, 3.8) is 0 Å². The number of carboxylic acid groups (broad SMARTS) is 1. The second kappa shape index (κ2) is 32.4. The average molecular weight is 1310 g/mol. The maximum absolute atomic E-state index is 12.9. The average Bonchev–Trinajstić information content (AvgIpc) is 3.89. The second-order valence-corrected chi connectivity index (χ2v) is 35.7. The first kappa shape index (κ1) is 75.9. The van der Waals surface area contributed by atoms with Crippen LogP contribution in [0.3, 0.4) is 0 Å². The van der Waals surface area contributed by atoms with Gasteiger partial charge in [-0.2, -0.15) is 0 Å². The Balaban J connectivity index is 0.000000702. The van der Waals surface area contributed by atoms with Crippen LogP contribution < -0.4 is 41.2 Å². The molecule has 0 aliphatic carbocycles. The number of anilines is 2. The Bertz CT molecular complexity index is 2920. The van der Waals surface area contributed by atoms with E-state index in [4.69, 9.17) is 57.1 Å². The third kappa shape index (κ3) is 26.9. The van der Waals surface area contributed by atoms with Crippen molar-refractivity contribution in [3.05, 3.63) is 79.7 Å². The summed E-state index contributed by atoms with van der Waals surface area (Å²) < 4.78 is 31.8. The van der Waals surface area contributed by atoms with Gasteiger partial charge in [-0.25, -0.2) is 29.1 Å². The first-order valence-electron chi connectivity index (χ1n) is 25.8. The van der Waals surface area contributed by atoms with Crippen molar-refractivity contribution in [1.29, 1.82) is 0 Å². The number of carbonyl (C=O) groups excluding carboxylic acids is 7. The van der Waals surface area contributed by atoms with E-state index in [9.17, 15) is 38.4 Å². The molecule has 0 aliphatic rings. The number of esters is 2. The smallest absolute Gasteiger partial charge is 0.407 e. The zero-order chi connectivity index (χ0) is 63.6. The molecule has 2 heterocycles. The van der Waals surface area contributed by atoms with E-state index in [-0.39, 0.29) is 90.6 Å². The summed E-state index contributed by atoms with van der Waals surface area (Å²) in [6.45, 7) is 31.6. The molecular formula is C54H81Cl3N8O15S2Si2. The number of benzene rings is 2. The van der Waals surface area contributed by atoms with E-state index < -0.39 is 75.9 Å². The highest BCUT2D eigenvalue weighted by Gasteiger charge is 2.40. The topological polar surface area (TPSA) is 324 Å². The van der Waals surface area contributed by atoms with Gasteiger partial charge in [-0.3, -0.25) is 19.2 Å². The molecule has 30 heteroatoms. The summed E-state index contributed by atoms with van der Waals surface area (Å²) in [6.07, 6.45) is -1.21. The van der Waals surface area contributed by atoms with E-state index in [1.54, 1.807) is 41.5 Å². The molecule has 0 spiro atoms. The predicted octanol–water partition coefficient (Wildman–Crippen LogP) is 10.7. The van der Waals surface area contributed by atoms with Gasteiger partial charge in [-0.05, 0) is 113 Å². The zero-order valence-electron chi connectivity index (χ0n) is 50.7. The fourth-order valence-electron chi connectivity index (χ4n) is 5.81.